The van der Waals surface area contributed by atoms with Crippen LogP contribution >= 0.6 is 0 Å². The van der Waals surface area contributed by atoms with E-state index in [2.05, 4.69) is 13.0 Å². The summed E-state index contributed by atoms with van der Waals surface area (Å²) in [6.45, 7) is 1.28. The van der Waals surface area contributed by atoms with E-state index in [0.29, 0.717) is 19.3 Å². The van der Waals surface area contributed by atoms with E-state index in [1.807, 2.05) is 6.92 Å². The molecular weight excluding hydrogens is 300 g/mol. The molecule has 0 aromatic carbocycles. The molecule has 3 saturated carbocycles. The molecule has 4 aliphatic carbocycles. The van der Waals surface area contributed by atoms with Crippen molar-refractivity contribution in [1.82, 2.24) is 0 Å². The van der Waals surface area contributed by atoms with Crippen LogP contribution in [0, 0.1) is 34.5 Å². The minimum absolute atomic E-state index is 0.0447. The van der Waals surface area contributed by atoms with Crippen molar-refractivity contribution in [3.63, 3.8) is 0 Å². The minimum Gasteiger partial charge on any atom is -0.393 e. The third kappa shape index (κ3) is 2.13. The molecule has 3 nitrogen and oxygen atoms in total. The Morgan fingerprint density at radius 1 is 1.33 bits per heavy atom. The molecule has 3 heteroatoms. The zero-order chi connectivity index (χ0) is 20.7. The van der Waals surface area contributed by atoms with Gasteiger partial charge in [0.15, 0.2) is 0 Å². The van der Waals surface area contributed by atoms with Crippen molar-refractivity contribution in [2.24, 2.45) is 34.5 Å². The molecule has 24 heavy (non-hydrogen) atoms. The molecular formula is C21H32O3. The van der Waals surface area contributed by atoms with Crippen LogP contribution in [0.25, 0.3) is 0 Å². The molecule has 0 amide bonds. The summed E-state index contributed by atoms with van der Waals surface area (Å²) in [5.41, 5.74) is 0.253. The Hall–Kier alpha value is -0.670. The molecule has 0 aliphatic heterocycles. The SMILES string of the molecule is [2H]C([2H])([2H])C(=O)[C@@]1([2H])CCC2C3CC=C4C[C@@H](O)CC[C@]4(C)C3[C@@H](O)C[C@@]21C. The molecule has 8 atom stereocenters. The summed E-state index contributed by atoms with van der Waals surface area (Å²) in [5, 5.41) is 21.4. The van der Waals surface area contributed by atoms with Gasteiger partial charge in [-0.15, -0.1) is 0 Å². The van der Waals surface area contributed by atoms with Crippen molar-refractivity contribution in [3.8, 4) is 0 Å². The van der Waals surface area contributed by atoms with Crippen molar-refractivity contribution in [2.45, 2.75) is 77.9 Å². The van der Waals surface area contributed by atoms with Crippen LogP contribution in [0.2, 0.25) is 0 Å². The molecule has 4 rings (SSSR count). The van der Waals surface area contributed by atoms with Gasteiger partial charge in [0.25, 0.3) is 0 Å². The Morgan fingerprint density at radius 2 is 2.12 bits per heavy atom. The van der Waals surface area contributed by atoms with Crippen molar-refractivity contribution in [2.75, 3.05) is 0 Å². The lowest BCUT2D eigenvalue weighted by atomic mass is 9.46. The van der Waals surface area contributed by atoms with Crippen LogP contribution in [0.4, 0.5) is 0 Å². The largest absolute Gasteiger partial charge is 0.393 e. The summed E-state index contributed by atoms with van der Waals surface area (Å²) in [6, 6.07) is 0. The van der Waals surface area contributed by atoms with Crippen molar-refractivity contribution < 1.29 is 20.5 Å². The summed E-state index contributed by atoms with van der Waals surface area (Å²) in [5.74, 6) is -2.37. The number of ketones is 1. The number of rotatable bonds is 1. The van der Waals surface area contributed by atoms with Crippen molar-refractivity contribution in [1.29, 1.82) is 0 Å². The highest BCUT2D eigenvalue weighted by molar-refractivity contribution is 5.79. The number of carbonyl (C=O) groups is 1. The Bertz CT molecular complexity index is 719. The molecule has 4 aliphatic rings. The fraction of sp³-hybridized carbons (Fsp3) is 0.857. The molecule has 0 saturated heterocycles. The second kappa shape index (κ2) is 5.41. The van der Waals surface area contributed by atoms with E-state index in [1.165, 1.54) is 5.57 Å². The first-order chi connectivity index (χ1) is 12.8. The first kappa shape index (κ1) is 12.6. The lowest BCUT2D eigenvalue weighted by Crippen LogP contribution is -2.56. The van der Waals surface area contributed by atoms with Crippen LogP contribution < -0.4 is 0 Å². The topological polar surface area (TPSA) is 57.5 Å². The van der Waals surface area contributed by atoms with E-state index in [-0.39, 0.29) is 35.7 Å². The van der Waals surface area contributed by atoms with Crippen LogP contribution in [0.5, 0.6) is 0 Å². The second-order valence-electron chi connectivity index (χ2n) is 9.11. The summed E-state index contributed by atoms with van der Waals surface area (Å²) >= 11 is 0. The first-order valence-electron chi connectivity index (χ1n) is 11.5. The fourth-order valence-corrected chi connectivity index (χ4v) is 6.96. The van der Waals surface area contributed by atoms with Crippen LogP contribution in [0.3, 0.4) is 0 Å². The van der Waals surface area contributed by atoms with E-state index in [1.54, 1.807) is 0 Å². The number of fused-ring (bicyclic) bond motifs is 5. The predicted octanol–water partition coefficient (Wildman–Crippen LogP) is 3.49. The first-order valence-corrected chi connectivity index (χ1v) is 9.45. The standard InChI is InChI=1S/C21H32O3/c1-12(22)16-6-7-17-15-5-4-13-10-14(23)8-9-20(13,2)19(15)18(24)11-21(16,17)3/h4,14-19,23-24H,5-11H2,1-3H3/t14-,15?,16+,17?,18-,19?,20-,21+/m0/s1/i1D3,16D. The number of Topliss-reactive ketones (excluding diaryl/α,β-unsaturated/α-hetero) is 1. The average molecular weight is 337 g/mol. The lowest BCUT2D eigenvalue weighted by molar-refractivity contribution is -0.140. The maximum Gasteiger partial charge on any atom is 0.133 e. The van der Waals surface area contributed by atoms with Gasteiger partial charge < -0.3 is 10.2 Å². The summed E-state index contributed by atoms with van der Waals surface area (Å²) in [6.07, 6.45) is 5.46. The van der Waals surface area contributed by atoms with Crippen LogP contribution in [-0.2, 0) is 4.79 Å². The number of carbonyl (C=O) groups excluding carboxylic acids is 1. The van der Waals surface area contributed by atoms with Gasteiger partial charge in [0.1, 0.15) is 5.78 Å². The van der Waals surface area contributed by atoms with E-state index >= 15 is 0 Å². The highest BCUT2D eigenvalue weighted by Crippen LogP contribution is 2.66. The molecule has 0 aromatic heterocycles. The van der Waals surface area contributed by atoms with Gasteiger partial charge in [-0.3, -0.25) is 4.79 Å². The molecule has 0 heterocycles. The number of allylic oxidation sites excluding steroid dienone is 1. The lowest BCUT2D eigenvalue weighted by Gasteiger charge is -2.59. The van der Waals surface area contributed by atoms with Crippen molar-refractivity contribution in [3.05, 3.63) is 11.6 Å². The highest BCUT2D eigenvalue weighted by atomic mass is 16.3. The summed E-state index contributed by atoms with van der Waals surface area (Å²) in [7, 11) is 0. The van der Waals surface area contributed by atoms with Gasteiger partial charge in [-0.25, -0.2) is 0 Å². The zero-order valence-electron chi connectivity index (χ0n) is 18.7. The van der Waals surface area contributed by atoms with Gasteiger partial charge in [0.2, 0.25) is 0 Å². The molecule has 134 valence electrons. The van der Waals surface area contributed by atoms with E-state index in [9.17, 15) is 15.0 Å². The zero-order valence-corrected chi connectivity index (χ0v) is 14.7. The Morgan fingerprint density at radius 3 is 2.88 bits per heavy atom. The van der Waals surface area contributed by atoms with Crippen molar-refractivity contribution >= 4 is 5.78 Å². The van der Waals surface area contributed by atoms with Crippen LogP contribution in [0.15, 0.2) is 11.6 Å². The third-order valence-electron chi connectivity index (χ3n) is 8.07. The number of aliphatic hydroxyl groups is 2. The number of hydrogen-bond acceptors (Lipinski definition) is 3. The maximum atomic E-state index is 12.8. The smallest absolute Gasteiger partial charge is 0.133 e. The van der Waals surface area contributed by atoms with Gasteiger partial charge >= 0.3 is 0 Å². The van der Waals surface area contributed by atoms with E-state index in [0.717, 1.165) is 19.3 Å². The molecule has 3 unspecified atom stereocenters. The monoisotopic (exact) mass is 336 g/mol. The quantitative estimate of drug-likeness (QED) is 0.721. The third-order valence-corrected chi connectivity index (χ3v) is 8.07. The van der Waals surface area contributed by atoms with Gasteiger partial charge in [0, 0.05) is 11.4 Å². The molecule has 2 N–H and O–H groups in total. The fourth-order valence-electron chi connectivity index (χ4n) is 6.96. The normalized spacial score (nSPS) is 59.7. The van der Waals surface area contributed by atoms with Gasteiger partial charge in [-0.2, -0.15) is 0 Å². The van der Waals surface area contributed by atoms with Crippen LogP contribution in [-0.4, -0.2) is 28.2 Å². The van der Waals surface area contributed by atoms with Gasteiger partial charge in [-0.1, -0.05) is 25.5 Å². The predicted molar refractivity (Wildman–Crippen MR) is 93.3 cm³/mol. The molecule has 0 spiro atoms. The van der Waals surface area contributed by atoms with E-state index < -0.39 is 30.0 Å². The average Bonchev–Trinajstić information content (AvgIpc) is 2.85. The minimum atomic E-state index is -2.79. The van der Waals surface area contributed by atoms with Crippen LogP contribution in [0.1, 0.15) is 71.1 Å². The molecule has 3 fully saturated rings. The Kier molecular flexibility index (Phi) is 2.85. The number of hydrogen-bond donors (Lipinski definition) is 2. The second-order valence-corrected chi connectivity index (χ2v) is 9.11. The molecule has 0 bridgehead atoms. The molecule has 0 aromatic rings. The highest BCUT2D eigenvalue weighted by Gasteiger charge is 2.62. The molecule has 0 radical (unpaired) electrons. The Balaban J connectivity index is 1.73. The Labute approximate surface area is 151 Å². The summed E-state index contributed by atoms with van der Waals surface area (Å²) < 4.78 is 31.7. The van der Waals surface area contributed by atoms with Gasteiger partial charge in [0.05, 0.1) is 12.2 Å². The summed E-state index contributed by atoms with van der Waals surface area (Å²) in [4.78, 5) is 12.8. The van der Waals surface area contributed by atoms with Gasteiger partial charge in [-0.05, 0) is 80.4 Å². The number of aliphatic hydroxyl groups excluding tert-OH is 2. The van der Waals surface area contributed by atoms with E-state index in [4.69, 9.17) is 5.48 Å². The maximum absolute atomic E-state index is 12.8.